The maximum atomic E-state index is 12.6. The lowest BCUT2D eigenvalue weighted by Crippen LogP contribution is -2.57. The molecular weight excluding hydrogens is 672 g/mol. The Bertz CT molecular complexity index is 1240. The van der Waals surface area contributed by atoms with Gasteiger partial charge in [-0.3, -0.25) is 25.2 Å². The van der Waals surface area contributed by atoms with Gasteiger partial charge < -0.3 is 18.7 Å². The summed E-state index contributed by atoms with van der Waals surface area (Å²) in [5.41, 5.74) is 3.41. The number of carbonyl (C=O) groups is 5. The molecule has 0 unspecified atom stereocenters. The summed E-state index contributed by atoms with van der Waals surface area (Å²) in [5, 5.41) is 0.428. The molecule has 0 aliphatic carbocycles. The van der Waals surface area contributed by atoms with E-state index in [2.05, 4.69) is 42.8 Å². The monoisotopic (exact) mass is 732 g/mol. The Labute approximate surface area is 298 Å². The van der Waals surface area contributed by atoms with Crippen molar-refractivity contribution in [1.29, 1.82) is 0 Å². The highest BCUT2D eigenvalue weighted by Crippen LogP contribution is 2.31. The number of carbonyl (C=O) groups excluding carboxylic acids is 5. The number of amides is 6. The van der Waals surface area contributed by atoms with Crippen molar-refractivity contribution in [3.05, 3.63) is 0 Å². The van der Waals surface area contributed by atoms with Crippen LogP contribution in [0.2, 0.25) is 0 Å². The van der Waals surface area contributed by atoms with Crippen molar-refractivity contribution < 1.29 is 50.4 Å². The van der Waals surface area contributed by atoms with E-state index in [1.165, 1.54) is 82.0 Å². The average Bonchev–Trinajstić information content (AvgIpc) is 3.54. The summed E-state index contributed by atoms with van der Waals surface area (Å²) in [6.07, 6.45) is 10.3. The number of ether oxygens (including phenoxy) is 1. The van der Waals surface area contributed by atoms with Gasteiger partial charge in [-0.2, -0.15) is 9.35 Å². The van der Waals surface area contributed by atoms with Crippen LogP contribution < -0.4 is 10.9 Å². The minimum absolute atomic E-state index is 0.0332. The van der Waals surface area contributed by atoms with Crippen molar-refractivity contribution in [2.45, 2.75) is 149 Å². The van der Waals surface area contributed by atoms with E-state index in [-0.39, 0.29) is 32.2 Å². The summed E-state index contributed by atoms with van der Waals surface area (Å²) in [6.45, 7) is 19.8. The fraction of sp³-hybridized carbons (Fsp3) is 0.848. The number of hydrazine groups is 1. The molecule has 0 spiro atoms. The third-order valence-electron chi connectivity index (χ3n) is 9.15. The lowest BCUT2D eigenvalue weighted by molar-refractivity contribution is -0.929. The molecule has 0 saturated carbocycles. The lowest BCUT2D eigenvalue weighted by atomic mass is 10.0. The van der Waals surface area contributed by atoms with Crippen LogP contribution in [0.25, 0.3) is 0 Å². The molecule has 16 nitrogen and oxygen atoms in total. The molecule has 0 aromatic rings. The van der Waals surface area contributed by atoms with Crippen LogP contribution in [-0.4, -0.2) is 119 Å². The molecular formula is C33H60N6O10S. The van der Waals surface area contributed by atoms with Gasteiger partial charge in [-0.15, -0.1) is 0 Å². The summed E-state index contributed by atoms with van der Waals surface area (Å²) in [5.74, 6) is -2.20. The zero-order chi connectivity index (χ0) is 37.7. The van der Waals surface area contributed by atoms with Crippen LogP contribution in [0.5, 0.6) is 0 Å². The van der Waals surface area contributed by atoms with Crippen LogP contribution in [-0.2, 0) is 33.8 Å². The molecule has 0 radical (unpaired) electrons. The van der Waals surface area contributed by atoms with Gasteiger partial charge in [-0.25, -0.2) is 22.9 Å². The molecule has 3 fully saturated rings. The van der Waals surface area contributed by atoms with Crippen molar-refractivity contribution in [2.24, 2.45) is 0 Å². The molecule has 3 aliphatic heterocycles. The molecule has 17 heteroatoms. The molecule has 3 heterocycles. The zero-order valence-electron chi connectivity index (χ0n) is 31.0. The van der Waals surface area contributed by atoms with Crippen LogP contribution in [0, 0.1) is 0 Å². The predicted molar refractivity (Wildman–Crippen MR) is 183 cm³/mol. The zero-order valence-corrected chi connectivity index (χ0v) is 31.8. The van der Waals surface area contributed by atoms with E-state index in [4.69, 9.17) is 4.74 Å². The van der Waals surface area contributed by atoms with E-state index in [0.29, 0.717) is 9.96 Å². The highest BCUT2D eigenvalue weighted by Gasteiger charge is 2.49. The van der Waals surface area contributed by atoms with E-state index < -0.39 is 64.0 Å². The molecule has 3 saturated heterocycles. The van der Waals surface area contributed by atoms with Crippen molar-refractivity contribution in [3.63, 3.8) is 0 Å². The number of imide groups is 1. The Hall–Kier alpha value is -3.02. The van der Waals surface area contributed by atoms with Crippen LogP contribution >= 0.6 is 0 Å². The van der Waals surface area contributed by atoms with Crippen LogP contribution in [0.3, 0.4) is 0 Å². The number of nitrogens with one attached hydrogen (secondary N) is 2. The number of hydrogen-bond donors (Lipinski definition) is 2. The third-order valence-corrected chi connectivity index (χ3v) is 9.50. The van der Waals surface area contributed by atoms with Crippen molar-refractivity contribution >= 4 is 40.2 Å². The number of urea groups is 1. The molecule has 3 rings (SSSR count). The van der Waals surface area contributed by atoms with Gasteiger partial charge in [0.1, 0.15) is 17.7 Å². The summed E-state index contributed by atoms with van der Waals surface area (Å²) in [6, 6.07) is -3.94. The minimum Gasteiger partial charge on any atom is -0.724 e. The highest BCUT2D eigenvalue weighted by molar-refractivity contribution is 7.80. The normalized spacial score (nSPS) is 20.8. The fourth-order valence-electron chi connectivity index (χ4n) is 6.51. The Balaban J connectivity index is 0.000000432. The summed E-state index contributed by atoms with van der Waals surface area (Å²) >= 11 is 0. The molecule has 0 aromatic carbocycles. The van der Waals surface area contributed by atoms with E-state index >= 15 is 0 Å². The number of hydroxylamine groups is 2. The summed E-state index contributed by atoms with van der Waals surface area (Å²) in [4.78, 5) is 63.6. The Morgan fingerprint density at radius 1 is 0.820 bits per heavy atom. The lowest BCUT2D eigenvalue weighted by Gasteiger charge is -2.39. The third kappa shape index (κ3) is 12.9. The Morgan fingerprint density at radius 2 is 1.30 bits per heavy atom. The number of fused-ring (bicyclic) bond motifs is 2. The van der Waals surface area contributed by atoms with Crippen LogP contribution in [0.1, 0.15) is 126 Å². The van der Waals surface area contributed by atoms with Gasteiger partial charge in [0, 0.05) is 13.0 Å². The number of rotatable bonds is 16. The molecule has 3 atom stereocenters. The maximum absolute atomic E-state index is 12.6. The Kier molecular flexibility index (Phi) is 16.9. The Morgan fingerprint density at radius 3 is 1.74 bits per heavy atom. The first-order chi connectivity index (χ1) is 23.4. The molecule has 50 heavy (non-hydrogen) atoms. The second kappa shape index (κ2) is 19.6. The summed E-state index contributed by atoms with van der Waals surface area (Å²) in [7, 11) is -5.18. The van der Waals surface area contributed by atoms with E-state index in [9.17, 15) is 36.9 Å². The fourth-order valence-corrected chi connectivity index (χ4v) is 6.89. The first kappa shape index (κ1) is 43.1. The van der Waals surface area contributed by atoms with Gasteiger partial charge >= 0.3 is 12.1 Å². The SMILES string of the molecule is CC(C)(C)OC(=O)N1C(=O)CC[C@H]1C(=O)NNC(=O)[C@@H]1CC[C@@H]2CN1C(=O)N2OS(=O)(=O)[O-].CCCC[N+](CCCC)(CCCC)CCCC. The van der Waals surface area contributed by atoms with Crippen LogP contribution in [0.15, 0.2) is 0 Å². The number of piperidine rings is 1. The van der Waals surface area contributed by atoms with Gasteiger partial charge in [-0.1, -0.05) is 53.4 Å². The second-order valence-corrected chi connectivity index (χ2v) is 15.4. The van der Waals surface area contributed by atoms with E-state index in [1.807, 2.05) is 0 Å². The van der Waals surface area contributed by atoms with Gasteiger partial charge in [0.2, 0.25) is 16.3 Å². The van der Waals surface area contributed by atoms with Gasteiger partial charge in [0.05, 0.1) is 32.2 Å². The molecule has 0 aromatic heterocycles. The van der Waals surface area contributed by atoms with Gasteiger partial charge in [0.15, 0.2) is 0 Å². The molecule has 2 N–H and O–H groups in total. The number of unbranched alkanes of at least 4 members (excludes halogenated alkanes) is 4. The minimum atomic E-state index is -5.18. The van der Waals surface area contributed by atoms with Crippen molar-refractivity contribution in [3.8, 4) is 0 Å². The first-order valence-electron chi connectivity index (χ1n) is 18.2. The standard InChI is InChI=1S/C17H25N5O10S.C16H36N/c1-17(2,3)31-16(27)21-11(6-7-12(21)23)14(25)19-18-13(24)10-5-4-9-8-20(10)15(26)22(9)32-33(28,29)30;1-5-9-13-17(14-10-6-2,15-11-7-3)16-12-8-4/h9-11H,4-8H2,1-3H3,(H,18,24)(H,19,25)(H,28,29,30);5-16H2,1-4H3/q;+1/p-1/t9-,10+,11+;/m1./s1. The first-order valence-corrected chi connectivity index (χ1v) is 19.5. The van der Waals surface area contributed by atoms with Crippen molar-refractivity contribution in [2.75, 3.05) is 32.7 Å². The van der Waals surface area contributed by atoms with E-state index in [0.717, 1.165) is 4.90 Å². The number of likely N-dealkylation sites (tertiary alicyclic amines) is 1. The smallest absolute Gasteiger partial charge is 0.417 e. The number of quaternary nitrogens is 1. The highest BCUT2D eigenvalue weighted by atomic mass is 32.3. The largest absolute Gasteiger partial charge is 0.724 e. The summed E-state index contributed by atoms with van der Waals surface area (Å²) < 4.78 is 43.3. The van der Waals surface area contributed by atoms with Gasteiger partial charge in [-0.05, 0) is 65.7 Å². The average molecular weight is 733 g/mol. The second-order valence-electron chi connectivity index (χ2n) is 14.4. The van der Waals surface area contributed by atoms with Crippen molar-refractivity contribution in [1.82, 2.24) is 25.7 Å². The molecule has 6 amide bonds. The number of hydrogen-bond acceptors (Lipinski definition) is 10. The maximum Gasteiger partial charge on any atom is 0.417 e. The van der Waals surface area contributed by atoms with Gasteiger partial charge in [0.25, 0.3) is 11.8 Å². The topological polar surface area (TPSA) is 195 Å². The molecule has 3 aliphatic rings. The predicted octanol–water partition coefficient (Wildman–Crippen LogP) is 3.72. The molecule has 288 valence electrons. The number of nitrogens with zero attached hydrogens (tertiary/aromatic N) is 4. The van der Waals surface area contributed by atoms with Crippen LogP contribution in [0.4, 0.5) is 9.59 Å². The molecule has 2 bridgehead atoms. The van der Waals surface area contributed by atoms with E-state index in [1.54, 1.807) is 20.8 Å². The quantitative estimate of drug-likeness (QED) is 0.102.